The van der Waals surface area contributed by atoms with Gasteiger partial charge in [0.25, 0.3) is 0 Å². The third kappa shape index (κ3) is 5.83. The van der Waals surface area contributed by atoms with Crippen molar-refractivity contribution in [2.45, 2.75) is 38.9 Å². The molecule has 2 saturated heterocycles. The Morgan fingerprint density at radius 3 is 2.11 bits per heavy atom. The van der Waals surface area contributed by atoms with Gasteiger partial charge in [-0.1, -0.05) is 24.3 Å². The number of carboxylic acids is 2. The van der Waals surface area contributed by atoms with E-state index in [1.165, 1.54) is 79.5 Å². The molecule has 3 heterocycles. The van der Waals surface area contributed by atoms with Crippen LogP contribution >= 0.6 is 0 Å². The first-order chi connectivity index (χ1) is 16.9. The zero-order valence-electron chi connectivity index (χ0n) is 20.7. The van der Waals surface area contributed by atoms with Crippen LogP contribution in [0.2, 0.25) is 0 Å². The largest absolute Gasteiger partial charge is 0.473 e. The van der Waals surface area contributed by atoms with Gasteiger partial charge in [-0.05, 0) is 63.7 Å². The fourth-order valence-electron chi connectivity index (χ4n) is 5.43. The fraction of sp³-hybridized carbons (Fsp3) is 0.481. The molecule has 0 radical (unpaired) electrons. The fourth-order valence-corrected chi connectivity index (χ4v) is 5.43. The molecule has 0 bridgehead atoms. The number of hydrogen-bond donors (Lipinski definition) is 2. The minimum atomic E-state index is -1.82. The normalized spacial score (nSPS) is 18.5. The van der Waals surface area contributed by atoms with Gasteiger partial charge in [-0.25, -0.2) is 9.59 Å². The highest BCUT2D eigenvalue weighted by Crippen LogP contribution is 2.30. The Kier molecular flexibility index (Phi) is 8.05. The average molecular weight is 481 g/mol. The molecule has 0 saturated carbocycles. The van der Waals surface area contributed by atoms with Gasteiger partial charge in [0, 0.05) is 67.1 Å². The zero-order chi connectivity index (χ0) is 24.9. The highest BCUT2D eigenvalue weighted by molar-refractivity contribution is 6.27. The van der Waals surface area contributed by atoms with Gasteiger partial charge in [-0.3, -0.25) is 9.80 Å². The van der Waals surface area contributed by atoms with E-state index in [0.717, 1.165) is 19.1 Å². The number of aliphatic carboxylic acids is 2. The lowest BCUT2D eigenvalue weighted by Gasteiger charge is -2.42. The van der Waals surface area contributed by atoms with Gasteiger partial charge in [0.1, 0.15) is 0 Å². The van der Waals surface area contributed by atoms with Crippen LogP contribution in [0.1, 0.15) is 25.3 Å². The van der Waals surface area contributed by atoms with Crippen molar-refractivity contribution in [2.24, 2.45) is 0 Å². The van der Waals surface area contributed by atoms with E-state index in [4.69, 9.17) is 19.8 Å². The van der Waals surface area contributed by atoms with Crippen molar-refractivity contribution in [1.29, 1.82) is 0 Å². The number of likely N-dealkylation sites (tertiary alicyclic amines) is 1. The van der Waals surface area contributed by atoms with Crippen LogP contribution in [-0.2, 0) is 22.7 Å². The Hall–Kier alpha value is -2.94. The molecule has 1 aromatic heterocycles. The monoisotopic (exact) mass is 480 g/mol. The summed E-state index contributed by atoms with van der Waals surface area (Å²) in [6.45, 7) is 11.7. The van der Waals surface area contributed by atoms with Crippen LogP contribution in [0.5, 0.6) is 0 Å². The second kappa shape index (κ2) is 11.2. The molecule has 0 unspecified atom stereocenters. The number of aromatic nitrogens is 1. The minimum absolute atomic E-state index is 0.796. The second-order valence-corrected chi connectivity index (χ2v) is 9.57. The van der Waals surface area contributed by atoms with Crippen LogP contribution in [0.3, 0.4) is 0 Å². The third-order valence-electron chi connectivity index (χ3n) is 7.35. The Labute approximate surface area is 206 Å². The van der Waals surface area contributed by atoms with Gasteiger partial charge in [-0.15, -0.1) is 0 Å². The van der Waals surface area contributed by atoms with E-state index in [0.29, 0.717) is 0 Å². The summed E-state index contributed by atoms with van der Waals surface area (Å²) in [5.74, 6) is -3.65. The molecule has 188 valence electrons. The molecule has 0 spiro atoms. The number of para-hydroxylation sites is 1. The molecular formula is C27H36N4O4. The van der Waals surface area contributed by atoms with Crippen LogP contribution in [0.15, 0.2) is 42.5 Å². The van der Waals surface area contributed by atoms with Crippen LogP contribution in [0.4, 0.5) is 0 Å². The van der Waals surface area contributed by atoms with E-state index in [2.05, 4.69) is 75.7 Å². The first-order valence-electron chi connectivity index (χ1n) is 12.5. The molecule has 0 atom stereocenters. The molecule has 2 fully saturated rings. The maximum Gasteiger partial charge on any atom is 0.414 e. The standard InChI is InChI=1S/C25H34N4.C2H2O4/c1-3-29-24-7-5-4-6-22(24)23-18-20(8-9-25(23)29)19-27-12-10-21(11-13-27)28-16-14-26(2)15-17-28;3-1(4)2(5)6/h4-9,18,21H,3,10-17,19H2,1-2H3;(H,3,4)(H,5,6). The van der Waals surface area contributed by atoms with Crippen molar-refractivity contribution in [1.82, 2.24) is 19.3 Å². The van der Waals surface area contributed by atoms with E-state index in [9.17, 15) is 0 Å². The molecule has 8 nitrogen and oxygen atoms in total. The molecule has 0 amide bonds. The lowest BCUT2D eigenvalue weighted by atomic mass is 10.0. The Morgan fingerprint density at radius 2 is 1.49 bits per heavy atom. The molecule has 2 N–H and O–H groups in total. The third-order valence-corrected chi connectivity index (χ3v) is 7.35. The number of aryl methyl sites for hydroxylation is 1. The Balaban J connectivity index is 0.000000431. The molecular weight excluding hydrogens is 444 g/mol. The predicted octanol–water partition coefficient (Wildman–Crippen LogP) is 3.18. The van der Waals surface area contributed by atoms with Crippen molar-refractivity contribution < 1.29 is 19.8 Å². The van der Waals surface area contributed by atoms with Gasteiger partial charge in [0.2, 0.25) is 0 Å². The highest BCUT2D eigenvalue weighted by atomic mass is 16.4. The Morgan fingerprint density at radius 1 is 0.857 bits per heavy atom. The predicted molar refractivity (Wildman–Crippen MR) is 138 cm³/mol. The number of fused-ring (bicyclic) bond motifs is 3. The van der Waals surface area contributed by atoms with E-state index in [1.54, 1.807) is 0 Å². The zero-order valence-corrected chi connectivity index (χ0v) is 20.7. The van der Waals surface area contributed by atoms with Crippen molar-refractivity contribution in [3.8, 4) is 0 Å². The van der Waals surface area contributed by atoms with E-state index in [1.807, 2.05) is 0 Å². The summed E-state index contributed by atoms with van der Waals surface area (Å²) in [6.07, 6.45) is 2.64. The minimum Gasteiger partial charge on any atom is -0.473 e. The molecule has 3 aromatic rings. The first kappa shape index (κ1) is 25.2. The number of likely N-dealkylation sites (N-methyl/N-ethyl adjacent to an activating group) is 1. The number of piperazine rings is 1. The summed E-state index contributed by atoms with van der Waals surface area (Å²) in [6, 6.07) is 16.8. The number of nitrogens with zero attached hydrogens (tertiary/aromatic N) is 4. The van der Waals surface area contributed by atoms with Crippen molar-refractivity contribution >= 4 is 33.7 Å². The average Bonchev–Trinajstić information content (AvgIpc) is 3.18. The van der Waals surface area contributed by atoms with E-state index in [-0.39, 0.29) is 0 Å². The highest BCUT2D eigenvalue weighted by Gasteiger charge is 2.26. The summed E-state index contributed by atoms with van der Waals surface area (Å²) in [7, 11) is 2.24. The van der Waals surface area contributed by atoms with E-state index >= 15 is 0 Å². The quantitative estimate of drug-likeness (QED) is 0.555. The molecule has 5 rings (SSSR count). The number of carboxylic acid groups (broad SMARTS) is 2. The summed E-state index contributed by atoms with van der Waals surface area (Å²) < 4.78 is 2.44. The summed E-state index contributed by atoms with van der Waals surface area (Å²) in [5, 5.41) is 17.6. The van der Waals surface area contributed by atoms with Gasteiger partial charge >= 0.3 is 11.9 Å². The molecule has 8 heteroatoms. The molecule has 0 aliphatic carbocycles. The summed E-state index contributed by atoms with van der Waals surface area (Å²) in [4.78, 5) is 26.1. The van der Waals surface area contributed by atoms with Gasteiger partial charge in [0.15, 0.2) is 0 Å². The number of piperidine rings is 1. The van der Waals surface area contributed by atoms with Gasteiger partial charge in [0.05, 0.1) is 0 Å². The summed E-state index contributed by atoms with van der Waals surface area (Å²) >= 11 is 0. The lowest BCUT2D eigenvalue weighted by Crippen LogP contribution is -2.52. The van der Waals surface area contributed by atoms with Crippen molar-refractivity contribution in [3.05, 3.63) is 48.0 Å². The summed E-state index contributed by atoms with van der Waals surface area (Å²) in [5.41, 5.74) is 4.18. The van der Waals surface area contributed by atoms with Crippen LogP contribution in [0.25, 0.3) is 21.8 Å². The molecule has 35 heavy (non-hydrogen) atoms. The number of hydrogen-bond acceptors (Lipinski definition) is 5. The smallest absolute Gasteiger partial charge is 0.414 e. The number of benzene rings is 2. The van der Waals surface area contributed by atoms with E-state index < -0.39 is 11.9 Å². The van der Waals surface area contributed by atoms with Crippen molar-refractivity contribution in [2.75, 3.05) is 46.3 Å². The lowest BCUT2D eigenvalue weighted by molar-refractivity contribution is -0.159. The first-order valence-corrected chi connectivity index (χ1v) is 12.5. The van der Waals surface area contributed by atoms with Crippen molar-refractivity contribution in [3.63, 3.8) is 0 Å². The molecule has 2 aliphatic heterocycles. The Bertz CT molecular complexity index is 1160. The maximum atomic E-state index is 9.10. The van der Waals surface area contributed by atoms with Crippen LogP contribution < -0.4 is 0 Å². The number of carbonyl (C=O) groups is 2. The maximum absolute atomic E-state index is 9.10. The SMILES string of the molecule is CCn1c2ccccc2c2cc(CN3CCC(N4CCN(C)CC4)CC3)ccc21.O=C(O)C(=O)O. The second-order valence-electron chi connectivity index (χ2n) is 9.57. The van der Waals surface area contributed by atoms with Crippen LogP contribution in [0, 0.1) is 0 Å². The van der Waals surface area contributed by atoms with Gasteiger partial charge in [-0.2, -0.15) is 0 Å². The number of rotatable bonds is 4. The van der Waals surface area contributed by atoms with Gasteiger partial charge < -0.3 is 19.7 Å². The molecule has 2 aromatic carbocycles. The molecule has 2 aliphatic rings. The topological polar surface area (TPSA) is 89.3 Å². The van der Waals surface area contributed by atoms with Crippen LogP contribution in [-0.4, -0.2) is 93.8 Å².